The summed E-state index contributed by atoms with van der Waals surface area (Å²) < 4.78 is 5.15. The first-order chi connectivity index (χ1) is 7.95. The molecule has 1 rings (SSSR count). The molecule has 0 bridgehead atoms. The number of halogens is 1. The second-order valence-electron chi connectivity index (χ2n) is 3.46. The molecule has 0 radical (unpaired) electrons. The van der Waals surface area contributed by atoms with E-state index in [1.807, 2.05) is 6.92 Å². The van der Waals surface area contributed by atoms with Crippen LogP contribution >= 0.6 is 11.6 Å². The van der Waals surface area contributed by atoms with E-state index < -0.39 is 11.8 Å². The van der Waals surface area contributed by atoms with Gasteiger partial charge in [-0.3, -0.25) is 9.59 Å². The highest BCUT2D eigenvalue weighted by atomic mass is 35.5. The van der Waals surface area contributed by atoms with E-state index in [1.165, 1.54) is 7.11 Å². The number of hydrogen-bond acceptors (Lipinski definition) is 3. The van der Waals surface area contributed by atoms with Crippen LogP contribution in [0.4, 0.5) is 0 Å². The summed E-state index contributed by atoms with van der Waals surface area (Å²) in [5, 5.41) is 2.93. The second kappa shape index (κ2) is 5.54. The highest BCUT2D eigenvalue weighted by molar-refractivity contribution is 6.34. The number of nitrogens with one attached hydrogen (secondary N) is 1. The standard InChI is InChI=1S/C11H13ClN2O3/c1-6-3-9(17-2)7(4-8(6)12)5-14-11(16)10(13)15/h3-4H,5H2,1-2H3,(H2,13,15)(H,14,16). The molecule has 0 saturated heterocycles. The molecule has 0 fully saturated rings. The Morgan fingerprint density at radius 3 is 2.65 bits per heavy atom. The Hall–Kier alpha value is -1.75. The van der Waals surface area contributed by atoms with Crippen molar-refractivity contribution in [3.05, 3.63) is 28.3 Å². The Labute approximate surface area is 104 Å². The average Bonchev–Trinajstić information content (AvgIpc) is 2.29. The average molecular weight is 257 g/mol. The first kappa shape index (κ1) is 13.3. The van der Waals surface area contributed by atoms with E-state index >= 15 is 0 Å². The molecule has 0 spiro atoms. The Bertz CT molecular complexity index is 460. The van der Waals surface area contributed by atoms with Gasteiger partial charge in [0.15, 0.2) is 0 Å². The number of benzene rings is 1. The van der Waals surface area contributed by atoms with Crippen LogP contribution < -0.4 is 15.8 Å². The summed E-state index contributed by atoms with van der Waals surface area (Å²) in [7, 11) is 1.52. The van der Waals surface area contributed by atoms with Gasteiger partial charge in [0.05, 0.1) is 7.11 Å². The maximum atomic E-state index is 11.0. The van der Waals surface area contributed by atoms with Crippen molar-refractivity contribution in [1.29, 1.82) is 0 Å². The lowest BCUT2D eigenvalue weighted by molar-refractivity contribution is -0.137. The van der Waals surface area contributed by atoms with Gasteiger partial charge in [0, 0.05) is 17.1 Å². The molecule has 0 saturated carbocycles. The maximum absolute atomic E-state index is 11.0. The summed E-state index contributed by atoms with van der Waals surface area (Å²) in [5.74, 6) is -1.28. The van der Waals surface area contributed by atoms with Gasteiger partial charge in [-0.05, 0) is 24.6 Å². The number of carbonyl (C=O) groups is 2. The van der Waals surface area contributed by atoms with Gasteiger partial charge in [-0.1, -0.05) is 11.6 Å². The molecule has 0 aliphatic heterocycles. The highest BCUT2D eigenvalue weighted by Gasteiger charge is 2.11. The van der Waals surface area contributed by atoms with E-state index in [4.69, 9.17) is 22.1 Å². The van der Waals surface area contributed by atoms with Gasteiger partial charge in [-0.15, -0.1) is 0 Å². The smallest absolute Gasteiger partial charge is 0.309 e. The first-order valence-corrected chi connectivity index (χ1v) is 5.24. The molecule has 0 aliphatic rings. The Morgan fingerprint density at radius 1 is 1.47 bits per heavy atom. The number of rotatable bonds is 3. The van der Waals surface area contributed by atoms with Crippen molar-refractivity contribution < 1.29 is 14.3 Å². The number of amides is 2. The van der Waals surface area contributed by atoms with Gasteiger partial charge in [0.2, 0.25) is 0 Å². The molecule has 6 heteroatoms. The first-order valence-electron chi connectivity index (χ1n) is 4.86. The summed E-state index contributed by atoms with van der Waals surface area (Å²) in [4.78, 5) is 21.6. The Kier molecular flexibility index (Phi) is 4.34. The van der Waals surface area contributed by atoms with Crippen LogP contribution in [-0.4, -0.2) is 18.9 Å². The minimum absolute atomic E-state index is 0.130. The molecule has 0 atom stereocenters. The molecule has 0 aromatic heterocycles. The highest BCUT2D eigenvalue weighted by Crippen LogP contribution is 2.26. The van der Waals surface area contributed by atoms with Gasteiger partial charge in [-0.2, -0.15) is 0 Å². The molecule has 1 aromatic rings. The van der Waals surface area contributed by atoms with Crippen molar-refractivity contribution in [2.45, 2.75) is 13.5 Å². The van der Waals surface area contributed by atoms with Crippen molar-refractivity contribution in [2.75, 3.05) is 7.11 Å². The number of ether oxygens (including phenoxy) is 1. The van der Waals surface area contributed by atoms with Crippen LogP contribution in [0.2, 0.25) is 5.02 Å². The summed E-state index contributed by atoms with van der Waals surface area (Å²) >= 11 is 5.96. The molecular formula is C11H13ClN2O3. The van der Waals surface area contributed by atoms with E-state index in [0.29, 0.717) is 16.3 Å². The molecular weight excluding hydrogens is 244 g/mol. The van der Waals surface area contributed by atoms with Crippen molar-refractivity contribution in [2.24, 2.45) is 5.73 Å². The number of nitrogens with two attached hydrogens (primary N) is 1. The van der Waals surface area contributed by atoms with Crippen LogP contribution in [0.1, 0.15) is 11.1 Å². The number of primary amides is 1. The van der Waals surface area contributed by atoms with Crippen LogP contribution in [0.5, 0.6) is 5.75 Å². The normalized spacial score (nSPS) is 9.82. The quantitative estimate of drug-likeness (QED) is 0.784. The third-order valence-electron chi connectivity index (χ3n) is 2.22. The third kappa shape index (κ3) is 3.35. The van der Waals surface area contributed by atoms with Gasteiger partial charge in [0.25, 0.3) is 0 Å². The van der Waals surface area contributed by atoms with E-state index in [0.717, 1.165) is 5.56 Å². The molecule has 17 heavy (non-hydrogen) atoms. The Morgan fingerprint density at radius 2 is 2.12 bits per heavy atom. The van der Waals surface area contributed by atoms with Gasteiger partial charge in [0.1, 0.15) is 5.75 Å². The predicted molar refractivity (Wildman–Crippen MR) is 63.8 cm³/mol. The number of hydrogen-bond donors (Lipinski definition) is 2. The lowest BCUT2D eigenvalue weighted by atomic mass is 10.1. The molecule has 0 unspecified atom stereocenters. The van der Waals surface area contributed by atoms with Crippen molar-refractivity contribution in [3.63, 3.8) is 0 Å². The zero-order valence-electron chi connectivity index (χ0n) is 9.54. The molecule has 5 nitrogen and oxygen atoms in total. The van der Waals surface area contributed by atoms with Crippen LogP contribution in [-0.2, 0) is 16.1 Å². The minimum Gasteiger partial charge on any atom is -0.496 e. The van der Waals surface area contributed by atoms with Crippen LogP contribution in [0.3, 0.4) is 0 Å². The third-order valence-corrected chi connectivity index (χ3v) is 2.63. The fraction of sp³-hybridized carbons (Fsp3) is 0.273. The van der Waals surface area contributed by atoms with Crippen LogP contribution in [0, 0.1) is 6.92 Å². The van der Waals surface area contributed by atoms with E-state index in [2.05, 4.69) is 5.32 Å². The SMILES string of the molecule is COc1cc(C)c(Cl)cc1CNC(=O)C(N)=O. The van der Waals surface area contributed by atoms with Crippen molar-refractivity contribution >= 4 is 23.4 Å². The predicted octanol–water partition coefficient (Wildman–Crippen LogP) is 0.759. The molecule has 2 amide bonds. The lowest BCUT2D eigenvalue weighted by Crippen LogP contribution is -2.35. The molecule has 3 N–H and O–H groups in total. The summed E-state index contributed by atoms with van der Waals surface area (Å²) in [6.07, 6.45) is 0. The fourth-order valence-electron chi connectivity index (χ4n) is 1.29. The molecule has 92 valence electrons. The topological polar surface area (TPSA) is 81.4 Å². The molecule has 1 aromatic carbocycles. The van der Waals surface area contributed by atoms with Crippen LogP contribution in [0.15, 0.2) is 12.1 Å². The van der Waals surface area contributed by atoms with Crippen LogP contribution in [0.25, 0.3) is 0 Å². The van der Waals surface area contributed by atoms with Gasteiger partial charge < -0.3 is 15.8 Å². The monoisotopic (exact) mass is 256 g/mol. The zero-order chi connectivity index (χ0) is 13.0. The minimum atomic E-state index is -1.03. The van der Waals surface area contributed by atoms with Gasteiger partial charge in [-0.25, -0.2) is 0 Å². The summed E-state index contributed by atoms with van der Waals surface area (Å²) in [6.45, 7) is 1.97. The fourth-order valence-corrected chi connectivity index (χ4v) is 1.47. The number of carbonyl (C=O) groups excluding carboxylic acids is 2. The molecule has 0 aliphatic carbocycles. The summed E-state index contributed by atoms with van der Waals surface area (Å²) in [6, 6.07) is 3.44. The number of aryl methyl sites for hydroxylation is 1. The number of methoxy groups -OCH3 is 1. The zero-order valence-corrected chi connectivity index (χ0v) is 10.3. The largest absolute Gasteiger partial charge is 0.496 e. The van der Waals surface area contributed by atoms with E-state index in [1.54, 1.807) is 12.1 Å². The van der Waals surface area contributed by atoms with E-state index in [-0.39, 0.29) is 6.54 Å². The second-order valence-corrected chi connectivity index (χ2v) is 3.87. The lowest BCUT2D eigenvalue weighted by Gasteiger charge is -2.11. The molecule has 0 heterocycles. The summed E-state index contributed by atoms with van der Waals surface area (Å²) in [5.41, 5.74) is 6.36. The Balaban J connectivity index is 2.87. The van der Waals surface area contributed by atoms with Crippen molar-refractivity contribution in [3.8, 4) is 5.75 Å². The van der Waals surface area contributed by atoms with Crippen molar-refractivity contribution in [1.82, 2.24) is 5.32 Å². The van der Waals surface area contributed by atoms with Gasteiger partial charge >= 0.3 is 11.8 Å². The van der Waals surface area contributed by atoms with E-state index in [9.17, 15) is 9.59 Å². The maximum Gasteiger partial charge on any atom is 0.309 e.